The van der Waals surface area contributed by atoms with Crippen LogP contribution in [0.2, 0.25) is 0 Å². The quantitative estimate of drug-likeness (QED) is 0.395. The number of benzene rings is 1. The summed E-state index contributed by atoms with van der Waals surface area (Å²) in [6, 6.07) is 8.64. The number of Topliss-reactive ketones (excluding diaryl/α,β-unsaturated/α-hetero) is 1. The summed E-state index contributed by atoms with van der Waals surface area (Å²) >= 11 is 1.42. The van der Waals surface area contributed by atoms with Crippen molar-refractivity contribution in [3.05, 3.63) is 46.5 Å². The third-order valence-corrected chi connectivity index (χ3v) is 6.76. The smallest absolute Gasteiger partial charge is 0.325 e. The van der Waals surface area contributed by atoms with Gasteiger partial charge in [0.25, 0.3) is 0 Å². The number of anilines is 3. The number of thiazole rings is 1. The van der Waals surface area contributed by atoms with Gasteiger partial charge in [-0.05, 0) is 24.5 Å². The molecule has 2 N–H and O–H groups in total. The van der Waals surface area contributed by atoms with Crippen molar-refractivity contribution in [3.8, 4) is 11.9 Å². The molecule has 2 amide bonds. The van der Waals surface area contributed by atoms with Gasteiger partial charge in [0.05, 0.1) is 32.1 Å². The molecule has 3 aromatic rings. The Bertz CT molecular complexity index is 1220. The molecular formula is C25H30N6O4S. The second-order valence-electron chi connectivity index (χ2n) is 8.80. The maximum absolute atomic E-state index is 12.7. The molecule has 0 radical (unpaired) electrons. The Morgan fingerprint density at radius 2 is 1.92 bits per heavy atom. The number of carbonyl (C=O) groups excluding carboxylic acids is 2. The topological polar surface area (TPSA) is 119 Å². The lowest BCUT2D eigenvalue weighted by Crippen LogP contribution is -2.30. The molecule has 0 fully saturated rings. The molecule has 2 aromatic heterocycles. The molecule has 36 heavy (non-hydrogen) atoms. The van der Waals surface area contributed by atoms with Crippen LogP contribution in [0.1, 0.15) is 47.6 Å². The highest BCUT2D eigenvalue weighted by Crippen LogP contribution is 2.32. The Morgan fingerprint density at radius 3 is 2.67 bits per heavy atom. The van der Waals surface area contributed by atoms with E-state index in [2.05, 4.69) is 44.3 Å². The number of methoxy groups -OCH3 is 2. The molecule has 3 heterocycles. The first kappa shape index (κ1) is 25.4. The van der Waals surface area contributed by atoms with Crippen LogP contribution in [0.3, 0.4) is 0 Å². The third kappa shape index (κ3) is 6.09. The van der Waals surface area contributed by atoms with E-state index in [0.717, 1.165) is 17.0 Å². The highest BCUT2D eigenvalue weighted by atomic mass is 32.1. The van der Waals surface area contributed by atoms with E-state index in [1.165, 1.54) is 18.4 Å². The zero-order valence-corrected chi connectivity index (χ0v) is 21.6. The van der Waals surface area contributed by atoms with Crippen molar-refractivity contribution >= 4 is 39.8 Å². The highest BCUT2D eigenvalue weighted by molar-refractivity contribution is 7.15. The van der Waals surface area contributed by atoms with Crippen molar-refractivity contribution in [1.82, 2.24) is 15.0 Å². The van der Waals surface area contributed by atoms with Gasteiger partial charge in [-0.2, -0.15) is 9.97 Å². The van der Waals surface area contributed by atoms with Crippen LogP contribution < -0.4 is 25.0 Å². The van der Waals surface area contributed by atoms with E-state index in [1.54, 1.807) is 37.4 Å². The molecule has 0 aliphatic carbocycles. The number of nitrogens with one attached hydrogen (secondary N) is 2. The van der Waals surface area contributed by atoms with Gasteiger partial charge in [-0.3, -0.25) is 10.1 Å². The molecule has 0 saturated carbocycles. The van der Waals surface area contributed by atoms with Gasteiger partial charge in [0.2, 0.25) is 5.88 Å². The molecule has 0 bridgehead atoms. The molecule has 0 unspecified atom stereocenters. The standard InChI is InChI=1S/C25H30N6O4S/c1-15(2)9-10-19(32)16-7-5-6-8-17(16)26-23(33)30-25-27-18-11-12-31(14-20(18)36-25)21-13-22(34-3)29-24(28-21)35-4/h5-8,13,15H,9-12,14H2,1-4H3,(H2,26,27,30,33). The van der Waals surface area contributed by atoms with Gasteiger partial charge in [0.15, 0.2) is 10.9 Å². The number of nitrogens with zero attached hydrogens (tertiary/aromatic N) is 4. The van der Waals surface area contributed by atoms with Crippen molar-refractivity contribution in [2.45, 2.75) is 39.7 Å². The van der Waals surface area contributed by atoms with Gasteiger partial charge in [-0.1, -0.05) is 37.3 Å². The third-order valence-electron chi connectivity index (χ3n) is 5.76. The van der Waals surface area contributed by atoms with E-state index >= 15 is 0 Å². The fraction of sp³-hybridized carbons (Fsp3) is 0.400. The molecule has 11 heteroatoms. The first-order valence-electron chi connectivity index (χ1n) is 11.8. The number of aromatic nitrogens is 3. The largest absolute Gasteiger partial charge is 0.481 e. The summed E-state index contributed by atoms with van der Waals surface area (Å²) in [5, 5.41) is 6.13. The first-order valence-corrected chi connectivity index (χ1v) is 12.6. The van der Waals surface area contributed by atoms with Crippen molar-refractivity contribution in [2.75, 3.05) is 36.3 Å². The van der Waals surface area contributed by atoms with Gasteiger partial charge in [0, 0.05) is 35.9 Å². The van der Waals surface area contributed by atoms with Crippen LogP contribution in [0.4, 0.5) is 21.4 Å². The zero-order valence-electron chi connectivity index (χ0n) is 20.8. The molecule has 0 saturated heterocycles. The Kier molecular flexibility index (Phi) is 7.99. The van der Waals surface area contributed by atoms with E-state index in [4.69, 9.17) is 9.47 Å². The Balaban J connectivity index is 1.42. The molecule has 1 aliphatic rings. The van der Waals surface area contributed by atoms with Crippen LogP contribution in [0.5, 0.6) is 11.9 Å². The lowest BCUT2D eigenvalue weighted by molar-refractivity contribution is 0.0976. The molecule has 0 spiro atoms. The SMILES string of the molecule is COc1cc(N2CCc3nc(NC(=O)Nc4ccccc4C(=O)CCC(C)C)sc3C2)nc(OC)n1. The Morgan fingerprint density at radius 1 is 1.11 bits per heavy atom. The van der Waals surface area contributed by atoms with Gasteiger partial charge < -0.3 is 19.7 Å². The minimum atomic E-state index is -0.438. The normalized spacial score (nSPS) is 12.8. The average Bonchev–Trinajstić information content (AvgIpc) is 3.28. The average molecular weight is 511 g/mol. The molecule has 190 valence electrons. The van der Waals surface area contributed by atoms with Crippen molar-refractivity contribution in [3.63, 3.8) is 0 Å². The van der Waals surface area contributed by atoms with Crippen molar-refractivity contribution in [2.24, 2.45) is 5.92 Å². The number of fused-ring (bicyclic) bond motifs is 1. The number of para-hydroxylation sites is 1. The minimum Gasteiger partial charge on any atom is -0.481 e. The van der Waals surface area contributed by atoms with Gasteiger partial charge in [0.1, 0.15) is 5.82 Å². The fourth-order valence-electron chi connectivity index (χ4n) is 3.83. The number of urea groups is 1. The first-order chi connectivity index (χ1) is 17.4. The van der Waals surface area contributed by atoms with Crippen LogP contribution in [0, 0.1) is 5.92 Å². The summed E-state index contributed by atoms with van der Waals surface area (Å²) in [6.45, 7) is 5.46. The number of hydrogen-bond donors (Lipinski definition) is 2. The summed E-state index contributed by atoms with van der Waals surface area (Å²) in [6.07, 6.45) is 1.95. The van der Waals surface area contributed by atoms with Crippen LogP contribution in [-0.2, 0) is 13.0 Å². The summed E-state index contributed by atoms with van der Waals surface area (Å²) in [5.74, 6) is 1.57. The monoisotopic (exact) mass is 510 g/mol. The number of ketones is 1. The molecule has 4 rings (SSSR count). The number of amides is 2. The number of hydrogen-bond acceptors (Lipinski definition) is 9. The van der Waals surface area contributed by atoms with Crippen molar-refractivity contribution < 1.29 is 19.1 Å². The fourth-order valence-corrected chi connectivity index (χ4v) is 4.85. The van der Waals surface area contributed by atoms with Crippen LogP contribution in [-0.4, -0.2) is 47.5 Å². The Hall–Kier alpha value is -3.73. The van der Waals surface area contributed by atoms with E-state index in [-0.39, 0.29) is 11.8 Å². The zero-order chi connectivity index (χ0) is 25.7. The number of rotatable bonds is 9. The predicted molar refractivity (Wildman–Crippen MR) is 139 cm³/mol. The lowest BCUT2D eigenvalue weighted by Gasteiger charge is -2.27. The summed E-state index contributed by atoms with van der Waals surface area (Å²) < 4.78 is 10.4. The van der Waals surface area contributed by atoms with E-state index in [0.29, 0.717) is 59.9 Å². The second-order valence-corrected chi connectivity index (χ2v) is 9.88. The maximum Gasteiger partial charge on any atom is 0.325 e. The van der Waals surface area contributed by atoms with Gasteiger partial charge in [-0.25, -0.2) is 9.78 Å². The minimum absolute atomic E-state index is 0.0161. The molecule has 0 atom stereocenters. The van der Waals surface area contributed by atoms with Crippen LogP contribution in [0.15, 0.2) is 30.3 Å². The maximum atomic E-state index is 12.7. The van der Waals surface area contributed by atoms with Crippen LogP contribution >= 0.6 is 11.3 Å². The van der Waals surface area contributed by atoms with Crippen LogP contribution in [0.25, 0.3) is 0 Å². The molecule has 10 nitrogen and oxygen atoms in total. The summed E-state index contributed by atoms with van der Waals surface area (Å²) in [5.41, 5.74) is 1.95. The lowest BCUT2D eigenvalue weighted by atomic mass is 10.00. The molecular weight excluding hydrogens is 480 g/mol. The second kappa shape index (κ2) is 11.3. The number of ether oxygens (including phenoxy) is 2. The summed E-state index contributed by atoms with van der Waals surface area (Å²) in [7, 11) is 3.06. The van der Waals surface area contributed by atoms with E-state index in [9.17, 15) is 9.59 Å². The number of carbonyl (C=O) groups is 2. The van der Waals surface area contributed by atoms with Crippen molar-refractivity contribution in [1.29, 1.82) is 0 Å². The molecule has 1 aliphatic heterocycles. The predicted octanol–water partition coefficient (Wildman–Crippen LogP) is 4.78. The van der Waals surface area contributed by atoms with Gasteiger partial charge in [-0.15, -0.1) is 0 Å². The van der Waals surface area contributed by atoms with Gasteiger partial charge >= 0.3 is 12.0 Å². The summed E-state index contributed by atoms with van der Waals surface area (Å²) in [4.78, 5) is 41.7. The highest BCUT2D eigenvalue weighted by Gasteiger charge is 2.24. The Labute approximate surface area is 214 Å². The van der Waals surface area contributed by atoms with E-state index < -0.39 is 6.03 Å². The molecule has 1 aromatic carbocycles. The van der Waals surface area contributed by atoms with E-state index in [1.807, 2.05) is 0 Å².